The van der Waals surface area contributed by atoms with Gasteiger partial charge in [0.1, 0.15) is 12.4 Å². The van der Waals surface area contributed by atoms with E-state index in [1.54, 1.807) is 29.8 Å². The second kappa shape index (κ2) is 6.81. The Kier molecular flexibility index (Phi) is 5.30. The van der Waals surface area contributed by atoms with E-state index in [-0.39, 0.29) is 0 Å². The quantitative estimate of drug-likeness (QED) is 0.860. The number of nitrogens with zero attached hydrogens (tertiary/aromatic N) is 2. The molecule has 0 aliphatic rings. The molecule has 0 spiro atoms. The van der Waals surface area contributed by atoms with Gasteiger partial charge in [0.25, 0.3) is 0 Å². The summed E-state index contributed by atoms with van der Waals surface area (Å²) in [6, 6.07) is 5.24. The third-order valence-corrected chi connectivity index (χ3v) is 4.44. The lowest BCUT2D eigenvalue weighted by molar-refractivity contribution is 0.189. The van der Waals surface area contributed by atoms with Gasteiger partial charge in [-0.25, -0.2) is 0 Å². The van der Waals surface area contributed by atoms with Gasteiger partial charge in [-0.3, -0.25) is 4.68 Å². The van der Waals surface area contributed by atoms with Crippen molar-refractivity contribution in [1.29, 1.82) is 0 Å². The van der Waals surface area contributed by atoms with E-state index in [0.29, 0.717) is 22.9 Å². The molecule has 0 unspecified atom stereocenters. The summed E-state index contributed by atoms with van der Waals surface area (Å²) in [5.74, 6) is 0.626. The molecule has 21 heavy (non-hydrogen) atoms. The SMILES string of the molecule is CCc1nn(C)c(COc2ccc(Cl)cc2[C@H](C)O)c1Br. The Hall–Kier alpha value is -1.04. The Morgan fingerprint density at radius 3 is 2.76 bits per heavy atom. The highest BCUT2D eigenvalue weighted by atomic mass is 79.9. The zero-order valence-corrected chi connectivity index (χ0v) is 14.6. The standard InChI is InChI=1S/C15H18BrClN2O2/c1-4-12-15(16)13(19(3)18-12)8-21-14-6-5-10(17)7-11(14)9(2)20/h5-7,9,20H,4,8H2,1-3H3/t9-/m0/s1. The molecular formula is C15H18BrClN2O2. The first-order valence-corrected chi connectivity index (χ1v) is 7.91. The van der Waals surface area contributed by atoms with Crippen LogP contribution in [-0.4, -0.2) is 14.9 Å². The van der Waals surface area contributed by atoms with Gasteiger partial charge in [-0.1, -0.05) is 18.5 Å². The van der Waals surface area contributed by atoms with Crippen molar-refractivity contribution in [2.24, 2.45) is 7.05 Å². The first-order chi connectivity index (χ1) is 9.93. The summed E-state index contributed by atoms with van der Waals surface area (Å²) in [6.45, 7) is 4.11. The lowest BCUT2D eigenvalue weighted by Gasteiger charge is -2.14. The minimum absolute atomic E-state index is 0.367. The van der Waals surface area contributed by atoms with E-state index in [2.05, 4.69) is 28.0 Å². The number of aromatic nitrogens is 2. The fourth-order valence-electron chi connectivity index (χ4n) is 2.10. The van der Waals surface area contributed by atoms with E-state index in [9.17, 15) is 5.11 Å². The van der Waals surface area contributed by atoms with E-state index >= 15 is 0 Å². The number of aryl methyl sites for hydroxylation is 2. The van der Waals surface area contributed by atoms with Gasteiger partial charge in [-0.05, 0) is 47.5 Å². The Labute approximate surface area is 137 Å². The molecule has 0 fully saturated rings. The number of benzene rings is 1. The summed E-state index contributed by atoms with van der Waals surface area (Å²) < 4.78 is 8.63. The number of aliphatic hydroxyl groups excluding tert-OH is 1. The summed E-state index contributed by atoms with van der Waals surface area (Å²) in [6.07, 6.45) is 0.216. The molecule has 1 aromatic heterocycles. The van der Waals surface area contributed by atoms with Gasteiger partial charge >= 0.3 is 0 Å². The van der Waals surface area contributed by atoms with Gasteiger partial charge in [0.15, 0.2) is 0 Å². The molecule has 2 aromatic rings. The average molecular weight is 374 g/mol. The van der Waals surface area contributed by atoms with E-state index < -0.39 is 6.10 Å². The van der Waals surface area contributed by atoms with Crippen LogP contribution in [0.2, 0.25) is 5.02 Å². The van der Waals surface area contributed by atoms with Crippen molar-refractivity contribution in [3.05, 3.63) is 44.6 Å². The van der Waals surface area contributed by atoms with Crippen LogP contribution in [0.25, 0.3) is 0 Å². The predicted molar refractivity (Wildman–Crippen MR) is 86.7 cm³/mol. The highest BCUT2D eigenvalue weighted by molar-refractivity contribution is 9.10. The molecular weight excluding hydrogens is 356 g/mol. The minimum atomic E-state index is -0.639. The van der Waals surface area contributed by atoms with Crippen molar-refractivity contribution >= 4 is 27.5 Å². The molecule has 0 amide bonds. The van der Waals surface area contributed by atoms with Crippen LogP contribution >= 0.6 is 27.5 Å². The van der Waals surface area contributed by atoms with Crippen LogP contribution in [0.15, 0.2) is 22.7 Å². The largest absolute Gasteiger partial charge is 0.487 e. The summed E-state index contributed by atoms with van der Waals surface area (Å²) in [7, 11) is 1.89. The molecule has 114 valence electrons. The Balaban J connectivity index is 2.23. The monoisotopic (exact) mass is 372 g/mol. The molecule has 0 radical (unpaired) electrons. The van der Waals surface area contributed by atoms with Crippen molar-refractivity contribution in [2.75, 3.05) is 0 Å². The maximum atomic E-state index is 9.81. The van der Waals surface area contributed by atoms with Crippen molar-refractivity contribution in [3.63, 3.8) is 0 Å². The number of hydrogen-bond donors (Lipinski definition) is 1. The van der Waals surface area contributed by atoms with E-state index in [0.717, 1.165) is 22.3 Å². The first kappa shape index (κ1) is 16.3. The zero-order valence-electron chi connectivity index (χ0n) is 12.2. The van der Waals surface area contributed by atoms with Gasteiger partial charge in [0.05, 0.1) is 22.0 Å². The second-order valence-corrected chi connectivity index (χ2v) is 6.06. The third kappa shape index (κ3) is 3.59. The normalized spacial score (nSPS) is 12.5. The molecule has 0 aliphatic carbocycles. The summed E-state index contributed by atoms with van der Waals surface area (Å²) >= 11 is 9.52. The molecule has 0 aliphatic heterocycles. The van der Waals surface area contributed by atoms with Crippen molar-refractivity contribution in [2.45, 2.75) is 33.0 Å². The summed E-state index contributed by atoms with van der Waals surface area (Å²) in [5, 5.41) is 14.8. The van der Waals surface area contributed by atoms with E-state index in [1.807, 2.05) is 7.05 Å². The Morgan fingerprint density at radius 2 is 2.19 bits per heavy atom. The lowest BCUT2D eigenvalue weighted by atomic mass is 10.1. The minimum Gasteiger partial charge on any atom is -0.487 e. The third-order valence-electron chi connectivity index (χ3n) is 3.29. The van der Waals surface area contributed by atoms with Gasteiger partial charge in [0, 0.05) is 17.6 Å². The molecule has 0 bridgehead atoms. The van der Waals surface area contributed by atoms with Crippen molar-refractivity contribution < 1.29 is 9.84 Å². The molecule has 4 nitrogen and oxygen atoms in total. The predicted octanol–water partition coefficient (Wildman–Crippen LogP) is 4.03. The van der Waals surface area contributed by atoms with E-state index in [1.165, 1.54) is 0 Å². The summed E-state index contributed by atoms with van der Waals surface area (Å²) in [5.41, 5.74) is 2.64. The molecule has 1 N–H and O–H groups in total. The Bertz CT molecular complexity index is 641. The molecule has 0 saturated carbocycles. The molecule has 2 rings (SSSR count). The topological polar surface area (TPSA) is 47.3 Å². The van der Waals surface area contributed by atoms with Crippen LogP contribution in [0.5, 0.6) is 5.75 Å². The van der Waals surface area contributed by atoms with Crippen LogP contribution < -0.4 is 4.74 Å². The highest BCUT2D eigenvalue weighted by Gasteiger charge is 2.15. The van der Waals surface area contributed by atoms with Crippen LogP contribution in [0.3, 0.4) is 0 Å². The fraction of sp³-hybridized carbons (Fsp3) is 0.400. The van der Waals surface area contributed by atoms with Crippen LogP contribution in [0.1, 0.15) is 36.9 Å². The van der Waals surface area contributed by atoms with Crippen molar-refractivity contribution in [3.8, 4) is 5.75 Å². The molecule has 1 aromatic carbocycles. The highest BCUT2D eigenvalue weighted by Crippen LogP contribution is 2.30. The van der Waals surface area contributed by atoms with Crippen LogP contribution in [0, 0.1) is 0 Å². The number of halogens is 2. The number of ether oxygens (including phenoxy) is 1. The summed E-state index contributed by atoms with van der Waals surface area (Å²) in [4.78, 5) is 0. The first-order valence-electron chi connectivity index (χ1n) is 6.74. The number of aliphatic hydroxyl groups is 1. The van der Waals surface area contributed by atoms with E-state index in [4.69, 9.17) is 16.3 Å². The Morgan fingerprint density at radius 1 is 1.48 bits per heavy atom. The van der Waals surface area contributed by atoms with Crippen molar-refractivity contribution in [1.82, 2.24) is 9.78 Å². The van der Waals surface area contributed by atoms with Crippen LogP contribution in [-0.2, 0) is 20.1 Å². The fourth-order valence-corrected chi connectivity index (χ4v) is 3.01. The average Bonchev–Trinajstić information content (AvgIpc) is 2.72. The van der Waals surface area contributed by atoms with Crippen LogP contribution in [0.4, 0.5) is 0 Å². The second-order valence-electron chi connectivity index (χ2n) is 4.83. The van der Waals surface area contributed by atoms with Gasteiger partial charge < -0.3 is 9.84 Å². The lowest BCUT2D eigenvalue weighted by Crippen LogP contribution is -2.06. The molecule has 6 heteroatoms. The number of hydrogen-bond acceptors (Lipinski definition) is 3. The maximum Gasteiger partial charge on any atom is 0.131 e. The maximum absolute atomic E-state index is 9.81. The zero-order chi connectivity index (χ0) is 15.6. The molecule has 1 heterocycles. The molecule has 0 saturated heterocycles. The van der Waals surface area contributed by atoms with Gasteiger partial charge in [-0.2, -0.15) is 5.10 Å². The smallest absolute Gasteiger partial charge is 0.131 e. The number of rotatable bonds is 5. The van der Waals surface area contributed by atoms with Gasteiger partial charge in [0.2, 0.25) is 0 Å². The van der Waals surface area contributed by atoms with Gasteiger partial charge in [-0.15, -0.1) is 0 Å². The molecule has 1 atom stereocenters.